The molecule has 0 atom stereocenters. The van der Waals surface area contributed by atoms with Crippen molar-refractivity contribution in [2.45, 2.75) is 0 Å². The SMILES string of the molecule is COc1cc(/C=C(/C#N)c2ccc([N+](=O)[O-])cc2)cc(I)c1O. The molecular formula is C16H11IN2O4. The predicted octanol–water partition coefficient (Wildman–Crippen LogP) is 3.98. The Morgan fingerprint density at radius 2 is 2.04 bits per heavy atom. The fourth-order valence-corrected chi connectivity index (χ4v) is 2.57. The standard InChI is InChI=1S/C16H11IN2O4/c1-23-15-8-10(7-14(17)16(15)20)6-12(9-18)11-2-4-13(5-3-11)19(21)22/h2-8,20H,1H3/b12-6-. The molecule has 6 nitrogen and oxygen atoms in total. The second-order valence-electron chi connectivity index (χ2n) is 4.53. The van der Waals surface area contributed by atoms with E-state index in [2.05, 4.69) is 6.07 Å². The zero-order valence-corrected chi connectivity index (χ0v) is 14.1. The van der Waals surface area contributed by atoms with Crippen molar-refractivity contribution in [3.8, 4) is 17.6 Å². The van der Waals surface area contributed by atoms with E-state index in [1.165, 1.54) is 31.4 Å². The number of aromatic hydroxyl groups is 1. The summed E-state index contributed by atoms with van der Waals surface area (Å²) in [7, 11) is 1.44. The summed E-state index contributed by atoms with van der Waals surface area (Å²) in [5, 5.41) is 29.8. The number of ether oxygens (including phenoxy) is 1. The molecule has 0 bridgehead atoms. The number of benzene rings is 2. The molecule has 1 N–H and O–H groups in total. The maximum absolute atomic E-state index is 10.7. The Hall–Kier alpha value is -2.60. The molecular weight excluding hydrogens is 411 g/mol. The molecule has 0 aliphatic heterocycles. The van der Waals surface area contributed by atoms with E-state index in [0.717, 1.165) is 0 Å². The minimum Gasteiger partial charge on any atom is -0.504 e. The molecule has 116 valence electrons. The average Bonchev–Trinajstić information content (AvgIpc) is 2.55. The van der Waals surface area contributed by atoms with Crippen molar-refractivity contribution in [3.05, 3.63) is 61.2 Å². The molecule has 2 aromatic carbocycles. The molecule has 0 aliphatic rings. The second kappa shape index (κ2) is 7.11. The van der Waals surface area contributed by atoms with E-state index in [9.17, 15) is 20.5 Å². The number of rotatable bonds is 4. The van der Waals surface area contributed by atoms with Crippen molar-refractivity contribution in [1.82, 2.24) is 0 Å². The number of nitrogens with zero attached hydrogens (tertiary/aromatic N) is 2. The fraction of sp³-hybridized carbons (Fsp3) is 0.0625. The summed E-state index contributed by atoms with van der Waals surface area (Å²) in [5.41, 5.74) is 1.56. The average molecular weight is 422 g/mol. The fourth-order valence-electron chi connectivity index (χ4n) is 1.94. The van der Waals surface area contributed by atoms with Gasteiger partial charge in [0, 0.05) is 12.1 Å². The van der Waals surface area contributed by atoms with Crippen LogP contribution in [0.4, 0.5) is 5.69 Å². The number of non-ortho nitro benzene ring substituents is 1. The van der Waals surface area contributed by atoms with E-state index < -0.39 is 4.92 Å². The van der Waals surface area contributed by atoms with Gasteiger partial charge in [-0.05, 0) is 64.1 Å². The highest BCUT2D eigenvalue weighted by atomic mass is 127. The number of hydrogen-bond donors (Lipinski definition) is 1. The van der Waals surface area contributed by atoms with Gasteiger partial charge in [-0.3, -0.25) is 10.1 Å². The summed E-state index contributed by atoms with van der Waals surface area (Å²) in [6.45, 7) is 0. The van der Waals surface area contributed by atoms with Crippen LogP contribution in [0.25, 0.3) is 11.6 Å². The Kier molecular flexibility index (Phi) is 5.18. The molecule has 0 aliphatic carbocycles. The van der Waals surface area contributed by atoms with E-state index in [1.54, 1.807) is 18.2 Å². The number of nitriles is 1. The van der Waals surface area contributed by atoms with Crippen molar-refractivity contribution in [2.75, 3.05) is 7.11 Å². The predicted molar refractivity (Wildman–Crippen MR) is 94.0 cm³/mol. The lowest BCUT2D eigenvalue weighted by Gasteiger charge is -2.07. The first-order valence-electron chi connectivity index (χ1n) is 6.39. The van der Waals surface area contributed by atoms with Gasteiger partial charge < -0.3 is 9.84 Å². The minimum absolute atomic E-state index is 0.0353. The second-order valence-corrected chi connectivity index (χ2v) is 5.69. The Morgan fingerprint density at radius 1 is 1.39 bits per heavy atom. The third-order valence-electron chi connectivity index (χ3n) is 3.09. The number of methoxy groups -OCH3 is 1. The Labute approximate surface area is 145 Å². The van der Waals surface area contributed by atoms with Crippen molar-refractivity contribution in [2.24, 2.45) is 0 Å². The lowest BCUT2D eigenvalue weighted by molar-refractivity contribution is -0.384. The minimum atomic E-state index is -0.493. The number of halogens is 1. The highest BCUT2D eigenvalue weighted by molar-refractivity contribution is 14.1. The van der Waals surface area contributed by atoms with Gasteiger partial charge in [0.05, 0.1) is 27.2 Å². The van der Waals surface area contributed by atoms with Crippen molar-refractivity contribution >= 4 is 39.9 Å². The topological polar surface area (TPSA) is 96.4 Å². The molecule has 23 heavy (non-hydrogen) atoms. The van der Waals surface area contributed by atoms with Gasteiger partial charge >= 0.3 is 0 Å². The number of phenols is 1. The summed E-state index contributed by atoms with van der Waals surface area (Å²) in [6, 6.07) is 11.1. The number of phenolic OH excluding ortho intramolecular Hbond substituents is 1. The summed E-state index contributed by atoms with van der Waals surface area (Å²) in [5.74, 6) is 0.350. The van der Waals surface area contributed by atoms with Crippen molar-refractivity contribution in [1.29, 1.82) is 5.26 Å². The van der Waals surface area contributed by atoms with Crippen LogP contribution in [-0.4, -0.2) is 17.1 Å². The Bertz CT molecular complexity index is 823. The van der Waals surface area contributed by atoms with Gasteiger partial charge in [0.25, 0.3) is 5.69 Å². The third kappa shape index (κ3) is 3.78. The lowest BCUT2D eigenvalue weighted by Crippen LogP contribution is -1.90. The molecule has 0 unspecified atom stereocenters. The number of hydrogen-bond acceptors (Lipinski definition) is 5. The molecule has 0 radical (unpaired) electrons. The quantitative estimate of drug-likeness (QED) is 0.264. The zero-order chi connectivity index (χ0) is 17.0. The van der Waals surface area contributed by atoms with Crippen LogP contribution < -0.4 is 4.74 Å². The number of nitro benzene ring substituents is 1. The maximum atomic E-state index is 10.7. The highest BCUT2D eigenvalue weighted by Crippen LogP contribution is 2.33. The first-order chi connectivity index (χ1) is 11.0. The lowest BCUT2D eigenvalue weighted by atomic mass is 10.0. The van der Waals surface area contributed by atoms with Crippen LogP contribution in [0.15, 0.2) is 36.4 Å². The molecule has 0 aromatic heterocycles. The van der Waals surface area contributed by atoms with E-state index in [0.29, 0.717) is 26.0 Å². The molecule has 2 rings (SSSR count). The van der Waals surface area contributed by atoms with E-state index in [-0.39, 0.29) is 11.4 Å². The summed E-state index contributed by atoms with van der Waals surface area (Å²) in [6.07, 6.45) is 1.63. The first-order valence-corrected chi connectivity index (χ1v) is 7.47. The van der Waals surface area contributed by atoms with Crippen molar-refractivity contribution in [3.63, 3.8) is 0 Å². The van der Waals surface area contributed by atoms with Crippen LogP contribution in [0.1, 0.15) is 11.1 Å². The van der Waals surface area contributed by atoms with Gasteiger partial charge in [-0.15, -0.1) is 0 Å². The van der Waals surface area contributed by atoms with Crippen molar-refractivity contribution < 1.29 is 14.8 Å². The third-order valence-corrected chi connectivity index (χ3v) is 3.91. The van der Waals surface area contributed by atoms with Crippen LogP contribution >= 0.6 is 22.6 Å². The monoisotopic (exact) mass is 422 g/mol. The van der Waals surface area contributed by atoms with Crippen LogP contribution in [0, 0.1) is 25.0 Å². The van der Waals surface area contributed by atoms with Gasteiger partial charge in [0.1, 0.15) is 0 Å². The Morgan fingerprint density at radius 3 is 2.57 bits per heavy atom. The maximum Gasteiger partial charge on any atom is 0.269 e. The number of nitro groups is 1. The largest absolute Gasteiger partial charge is 0.504 e. The Balaban J connectivity index is 2.45. The first kappa shape index (κ1) is 16.8. The normalized spacial score (nSPS) is 10.9. The molecule has 0 fully saturated rings. The zero-order valence-electron chi connectivity index (χ0n) is 12.0. The molecule has 0 spiro atoms. The van der Waals surface area contributed by atoms with E-state index in [4.69, 9.17) is 4.74 Å². The summed E-state index contributed by atoms with van der Waals surface area (Å²) < 4.78 is 5.68. The van der Waals surface area contributed by atoms with Gasteiger partial charge in [-0.25, -0.2) is 0 Å². The molecule has 0 saturated heterocycles. The number of allylic oxidation sites excluding steroid dienone is 1. The van der Waals surface area contributed by atoms with Crippen LogP contribution in [-0.2, 0) is 0 Å². The summed E-state index contributed by atoms with van der Waals surface area (Å²) in [4.78, 5) is 10.2. The van der Waals surface area contributed by atoms with Gasteiger partial charge in [-0.1, -0.05) is 0 Å². The van der Waals surface area contributed by atoms with Gasteiger partial charge in [-0.2, -0.15) is 5.26 Å². The molecule has 7 heteroatoms. The van der Waals surface area contributed by atoms with Crippen LogP contribution in [0.3, 0.4) is 0 Å². The molecule has 2 aromatic rings. The van der Waals surface area contributed by atoms with E-state index >= 15 is 0 Å². The highest BCUT2D eigenvalue weighted by Gasteiger charge is 2.10. The molecule has 0 heterocycles. The summed E-state index contributed by atoms with van der Waals surface area (Å²) >= 11 is 1.97. The van der Waals surface area contributed by atoms with Gasteiger partial charge in [0.15, 0.2) is 11.5 Å². The smallest absolute Gasteiger partial charge is 0.269 e. The van der Waals surface area contributed by atoms with Crippen LogP contribution in [0.2, 0.25) is 0 Å². The van der Waals surface area contributed by atoms with E-state index in [1.807, 2.05) is 22.6 Å². The van der Waals surface area contributed by atoms with Crippen LogP contribution in [0.5, 0.6) is 11.5 Å². The molecule has 0 amide bonds. The molecule has 0 saturated carbocycles. The van der Waals surface area contributed by atoms with Gasteiger partial charge in [0.2, 0.25) is 0 Å².